The molecule has 2 aliphatic rings. The van der Waals surface area contributed by atoms with Crippen LogP contribution in [0.2, 0.25) is 0 Å². The number of aryl methyl sites for hydroxylation is 1. The van der Waals surface area contributed by atoms with Gasteiger partial charge in [0, 0.05) is 12.1 Å². The molecule has 1 aromatic heterocycles. The van der Waals surface area contributed by atoms with E-state index in [2.05, 4.69) is 15.8 Å². The topological polar surface area (TPSA) is 140 Å². The third-order valence-corrected chi connectivity index (χ3v) is 6.12. The lowest BCUT2D eigenvalue weighted by molar-refractivity contribution is -0.124. The van der Waals surface area contributed by atoms with Crippen LogP contribution < -0.4 is 21.1 Å². The van der Waals surface area contributed by atoms with E-state index in [4.69, 9.17) is 15.0 Å². The molecule has 0 aliphatic carbocycles. The summed E-state index contributed by atoms with van der Waals surface area (Å²) in [4.78, 5) is 39.8. The number of methoxy groups -OCH3 is 1. The number of rotatable bonds is 5. The van der Waals surface area contributed by atoms with E-state index in [-0.39, 0.29) is 18.3 Å². The summed E-state index contributed by atoms with van der Waals surface area (Å²) in [6.45, 7) is 2.06. The lowest BCUT2D eigenvalue weighted by Crippen LogP contribution is -2.52. The Morgan fingerprint density at radius 1 is 1.18 bits per heavy atom. The monoisotopic (exact) mass is 447 g/mol. The van der Waals surface area contributed by atoms with Crippen molar-refractivity contribution in [1.29, 1.82) is 0 Å². The highest BCUT2D eigenvalue weighted by Gasteiger charge is 2.50. The van der Waals surface area contributed by atoms with Crippen molar-refractivity contribution in [3.05, 3.63) is 64.8 Å². The number of nitrogens with zero attached hydrogens (tertiary/aromatic N) is 2. The summed E-state index contributed by atoms with van der Waals surface area (Å²) in [6.07, 6.45) is 0. The molecule has 0 unspecified atom stereocenters. The predicted molar refractivity (Wildman–Crippen MR) is 117 cm³/mol. The largest absolute Gasteiger partial charge is 0.497 e. The highest BCUT2D eigenvalue weighted by molar-refractivity contribution is 6.08. The third-order valence-electron chi connectivity index (χ3n) is 6.12. The van der Waals surface area contributed by atoms with Crippen molar-refractivity contribution in [2.75, 3.05) is 19.4 Å². The quantitative estimate of drug-likeness (QED) is 0.508. The first-order valence-corrected chi connectivity index (χ1v) is 10.2. The van der Waals surface area contributed by atoms with Crippen LogP contribution in [0.1, 0.15) is 27.2 Å². The van der Waals surface area contributed by atoms with Crippen LogP contribution in [0.25, 0.3) is 11.1 Å². The van der Waals surface area contributed by atoms with Crippen LogP contribution in [0.5, 0.6) is 5.75 Å². The molecule has 1 saturated heterocycles. The number of carbonyl (C=O) groups is 3. The van der Waals surface area contributed by atoms with E-state index in [9.17, 15) is 14.4 Å². The van der Waals surface area contributed by atoms with Gasteiger partial charge in [-0.1, -0.05) is 35.5 Å². The Bertz CT molecular complexity index is 1280. The molecule has 1 atom stereocenters. The number of hydrogen-bond donors (Lipinski definition) is 3. The number of ether oxygens (including phenoxy) is 1. The maximum absolute atomic E-state index is 13.1. The average molecular weight is 447 g/mol. The average Bonchev–Trinajstić information content (AvgIpc) is 3.41. The minimum Gasteiger partial charge on any atom is -0.497 e. The molecule has 0 radical (unpaired) electrons. The number of anilines is 1. The van der Waals surface area contributed by atoms with Gasteiger partial charge < -0.3 is 25.2 Å². The summed E-state index contributed by atoms with van der Waals surface area (Å²) in [5.74, 6) is 0.00571. The van der Waals surface area contributed by atoms with Crippen LogP contribution in [-0.2, 0) is 16.9 Å². The summed E-state index contributed by atoms with van der Waals surface area (Å²) >= 11 is 0. The second-order valence-corrected chi connectivity index (χ2v) is 8.08. The first-order chi connectivity index (χ1) is 15.8. The van der Waals surface area contributed by atoms with Gasteiger partial charge in [-0.15, -0.1) is 0 Å². The zero-order chi connectivity index (χ0) is 23.3. The number of aromatic nitrogens is 1. The van der Waals surface area contributed by atoms with Gasteiger partial charge in [-0.2, -0.15) is 0 Å². The Morgan fingerprint density at radius 3 is 2.55 bits per heavy atom. The van der Waals surface area contributed by atoms with Crippen molar-refractivity contribution < 1.29 is 23.6 Å². The molecule has 2 aliphatic heterocycles. The molecule has 4 N–H and O–H groups in total. The minimum atomic E-state index is -1.44. The number of fused-ring (bicyclic) bond motifs is 1. The van der Waals surface area contributed by atoms with Crippen molar-refractivity contribution >= 4 is 23.7 Å². The fourth-order valence-corrected chi connectivity index (χ4v) is 4.44. The zero-order valence-electron chi connectivity index (χ0n) is 18.0. The number of amides is 4. The molecule has 10 nitrogen and oxygen atoms in total. The fourth-order valence-electron chi connectivity index (χ4n) is 4.44. The number of benzene rings is 2. The number of nitrogens with two attached hydrogens (primary N) is 1. The highest BCUT2D eigenvalue weighted by atomic mass is 16.5. The maximum atomic E-state index is 13.1. The fraction of sp³-hybridized carbons (Fsp3) is 0.217. The lowest BCUT2D eigenvalue weighted by atomic mass is 9.88. The molecule has 3 heterocycles. The predicted octanol–water partition coefficient (Wildman–Crippen LogP) is 1.93. The first kappa shape index (κ1) is 20.6. The van der Waals surface area contributed by atoms with Gasteiger partial charge in [-0.05, 0) is 35.7 Å². The highest BCUT2D eigenvalue weighted by Crippen LogP contribution is 2.35. The summed E-state index contributed by atoms with van der Waals surface area (Å²) in [5.41, 5.74) is 8.38. The molecule has 33 heavy (non-hydrogen) atoms. The number of carbonyl (C=O) groups excluding carboxylic acids is 3. The van der Waals surface area contributed by atoms with E-state index >= 15 is 0 Å². The molecule has 10 heteroatoms. The first-order valence-electron chi connectivity index (χ1n) is 10.2. The standard InChI is InChI=1S/C23H21N5O5/c1-12-18(19(24)33-27-12)13-3-6-15(7-4-13)23(21(30)25-22(31)26-23)11-28-10-14-5-8-16(32-2)9-17(14)20(28)29/h3-9H,10-11,24H2,1-2H3,(H2,25,26,30,31)/t23-/m0/s1. The lowest BCUT2D eigenvalue weighted by Gasteiger charge is -2.31. The summed E-state index contributed by atoms with van der Waals surface area (Å²) in [5, 5.41) is 8.90. The van der Waals surface area contributed by atoms with Crippen molar-refractivity contribution in [3.63, 3.8) is 0 Å². The zero-order valence-corrected chi connectivity index (χ0v) is 18.0. The van der Waals surface area contributed by atoms with Gasteiger partial charge >= 0.3 is 6.03 Å². The molecule has 2 aromatic carbocycles. The van der Waals surface area contributed by atoms with Crippen molar-refractivity contribution in [3.8, 4) is 16.9 Å². The van der Waals surface area contributed by atoms with Crippen molar-refractivity contribution in [2.24, 2.45) is 0 Å². The third kappa shape index (κ3) is 3.18. The maximum Gasteiger partial charge on any atom is 0.322 e. The molecule has 5 rings (SSSR count). The van der Waals surface area contributed by atoms with E-state index in [1.165, 1.54) is 7.11 Å². The van der Waals surface area contributed by atoms with Crippen LogP contribution >= 0.6 is 0 Å². The van der Waals surface area contributed by atoms with Gasteiger partial charge in [-0.3, -0.25) is 14.9 Å². The van der Waals surface area contributed by atoms with Crippen LogP contribution in [0.3, 0.4) is 0 Å². The van der Waals surface area contributed by atoms with Gasteiger partial charge in [0.25, 0.3) is 11.8 Å². The molecule has 1 fully saturated rings. The molecule has 0 saturated carbocycles. The van der Waals surface area contributed by atoms with Gasteiger partial charge in [0.05, 0.1) is 24.9 Å². The molecule has 3 aromatic rings. The van der Waals surface area contributed by atoms with E-state index in [1.54, 1.807) is 48.2 Å². The molecule has 0 bridgehead atoms. The minimum absolute atomic E-state index is 0.0336. The Morgan fingerprint density at radius 2 is 1.94 bits per heavy atom. The summed E-state index contributed by atoms with van der Waals surface area (Å²) < 4.78 is 10.3. The van der Waals surface area contributed by atoms with E-state index < -0.39 is 17.5 Å². The van der Waals surface area contributed by atoms with Gasteiger partial charge in [0.2, 0.25) is 5.88 Å². The molecule has 0 spiro atoms. The van der Waals surface area contributed by atoms with E-state index in [0.717, 1.165) is 11.1 Å². The van der Waals surface area contributed by atoms with E-state index in [1.807, 2.05) is 6.07 Å². The smallest absolute Gasteiger partial charge is 0.322 e. The van der Waals surface area contributed by atoms with Crippen molar-refractivity contribution in [1.82, 2.24) is 20.7 Å². The van der Waals surface area contributed by atoms with E-state index in [0.29, 0.717) is 34.7 Å². The second kappa shape index (κ2) is 7.37. The van der Waals surface area contributed by atoms with Gasteiger partial charge in [0.15, 0.2) is 5.54 Å². The second-order valence-electron chi connectivity index (χ2n) is 8.08. The van der Waals surface area contributed by atoms with Crippen molar-refractivity contribution in [2.45, 2.75) is 19.0 Å². The van der Waals surface area contributed by atoms with Crippen LogP contribution in [-0.4, -0.2) is 41.6 Å². The summed E-state index contributed by atoms with van der Waals surface area (Å²) in [6, 6.07) is 11.7. The normalized spacial score (nSPS) is 19.5. The molecular formula is C23H21N5O5. The Labute approximate surface area is 188 Å². The molecular weight excluding hydrogens is 426 g/mol. The Hall–Kier alpha value is -4.34. The van der Waals surface area contributed by atoms with Crippen LogP contribution in [0.15, 0.2) is 47.0 Å². The molecule has 4 amide bonds. The number of hydrogen-bond acceptors (Lipinski definition) is 7. The Kier molecular flexibility index (Phi) is 4.59. The Balaban J connectivity index is 1.49. The number of urea groups is 1. The number of imide groups is 1. The van der Waals surface area contributed by atoms with Gasteiger partial charge in [-0.25, -0.2) is 4.79 Å². The SMILES string of the molecule is COc1ccc2c(c1)C(=O)N(C[C@@]1(c3ccc(-c4c(C)noc4N)cc3)NC(=O)NC1=O)C2. The number of nitrogen functional groups attached to an aromatic ring is 1. The van der Waals surface area contributed by atoms with Crippen LogP contribution in [0.4, 0.5) is 10.7 Å². The molecule has 168 valence electrons. The summed E-state index contributed by atoms with van der Waals surface area (Å²) in [7, 11) is 1.53. The van der Waals surface area contributed by atoms with Crippen LogP contribution in [0, 0.1) is 6.92 Å². The van der Waals surface area contributed by atoms with Gasteiger partial charge in [0.1, 0.15) is 5.75 Å². The number of nitrogens with one attached hydrogen (secondary N) is 2.